The molecule has 0 spiro atoms. The molecule has 7 heteroatoms. The minimum absolute atomic E-state index is 0.0101. The molecule has 3 amide bonds. The number of amides is 3. The number of nitrogens with zero attached hydrogens (tertiary/aromatic N) is 1. The van der Waals surface area contributed by atoms with Crippen molar-refractivity contribution in [1.82, 2.24) is 10.2 Å². The number of β-amino-alcohol motifs (C(OH)–C–C–N with tert-alkyl or cyclic N) is 1. The number of urea groups is 1. The lowest BCUT2D eigenvalue weighted by atomic mass is 9.90. The molecule has 1 fully saturated rings. The van der Waals surface area contributed by atoms with Gasteiger partial charge >= 0.3 is 6.03 Å². The molecule has 160 valence electrons. The van der Waals surface area contributed by atoms with Crippen molar-refractivity contribution in [3.05, 3.63) is 71.0 Å². The van der Waals surface area contributed by atoms with Crippen molar-refractivity contribution in [2.75, 3.05) is 13.2 Å². The Kier molecular flexibility index (Phi) is 6.53. The average Bonchev–Trinajstić information content (AvgIpc) is 2.93. The highest BCUT2D eigenvalue weighted by Gasteiger charge is 2.49. The van der Waals surface area contributed by atoms with Gasteiger partial charge in [-0.1, -0.05) is 56.3 Å². The van der Waals surface area contributed by atoms with Crippen LogP contribution in [0.15, 0.2) is 48.5 Å². The number of carbonyl (C=O) groups excluding carboxylic acids is 2. The van der Waals surface area contributed by atoms with Crippen molar-refractivity contribution >= 4 is 11.9 Å². The number of halogens is 1. The Bertz CT molecular complexity index is 916. The van der Waals surface area contributed by atoms with E-state index in [-0.39, 0.29) is 25.6 Å². The van der Waals surface area contributed by atoms with Crippen molar-refractivity contribution in [3.63, 3.8) is 0 Å². The molecular formula is C23H27FN2O4. The van der Waals surface area contributed by atoms with E-state index in [1.807, 2.05) is 24.3 Å². The number of hydrogen-bond donors (Lipinski definition) is 2. The van der Waals surface area contributed by atoms with Crippen molar-refractivity contribution in [3.8, 4) is 0 Å². The second kappa shape index (κ2) is 8.93. The van der Waals surface area contributed by atoms with E-state index in [2.05, 4.69) is 19.2 Å². The quantitative estimate of drug-likeness (QED) is 0.650. The van der Waals surface area contributed by atoms with Crippen molar-refractivity contribution < 1.29 is 23.8 Å². The zero-order valence-corrected chi connectivity index (χ0v) is 17.4. The van der Waals surface area contributed by atoms with Gasteiger partial charge in [0.2, 0.25) is 0 Å². The molecule has 1 aliphatic rings. The predicted molar refractivity (Wildman–Crippen MR) is 110 cm³/mol. The molecule has 3 rings (SSSR count). The first kappa shape index (κ1) is 21.9. The van der Waals surface area contributed by atoms with Gasteiger partial charge in [0.1, 0.15) is 11.4 Å². The summed E-state index contributed by atoms with van der Waals surface area (Å²) in [5.41, 5.74) is 0.994. The first-order valence-electron chi connectivity index (χ1n) is 9.96. The molecule has 0 radical (unpaired) electrons. The Morgan fingerprint density at radius 3 is 2.43 bits per heavy atom. The molecule has 1 aliphatic heterocycles. The Morgan fingerprint density at radius 1 is 1.13 bits per heavy atom. The van der Waals surface area contributed by atoms with Gasteiger partial charge in [-0.05, 0) is 30.0 Å². The zero-order chi connectivity index (χ0) is 21.9. The summed E-state index contributed by atoms with van der Waals surface area (Å²) in [5.74, 6) is -0.463. The first-order valence-corrected chi connectivity index (χ1v) is 9.96. The highest BCUT2D eigenvalue weighted by Crippen LogP contribution is 2.30. The zero-order valence-electron chi connectivity index (χ0n) is 17.4. The summed E-state index contributed by atoms with van der Waals surface area (Å²) in [6.45, 7) is 5.46. The van der Waals surface area contributed by atoms with E-state index in [1.165, 1.54) is 6.07 Å². The molecule has 0 aliphatic carbocycles. The fourth-order valence-corrected chi connectivity index (χ4v) is 3.44. The number of ether oxygens (including phenoxy) is 1. The number of benzene rings is 2. The van der Waals surface area contributed by atoms with Gasteiger partial charge in [0, 0.05) is 5.56 Å². The highest BCUT2D eigenvalue weighted by atomic mass is 19.1. The van der Waals surface area contributed by atoms with Crippen LogP contribution >= 0.6 is 0 Å². The van der Waals surface area contributed by atoms with Crippen molar-refractivity contribution in [2.24, 2.45) is 0 Å². The van der Waals surface area contributed by atoms with Crippen LogP contribution in [0.25, 0.3) is 0 Å². The van der Waals surface area contributed by atoms with E-state index >= 15 is 0 Å². The molecule has 2 aromatic carbocycles. The van der Waals surface area contributed by atoms with E-state index < -0.39 is 23.6 Å². The molecule has 0 bridgehead atoms. The molecule has 30 heavy (non-hydrogen) atoms. The molecule has 1 heterocycles. The number of aliphatic hydroxyl groups excluding tert-OH is 1. The Balaban J connectivity index is 1.60. The van der Waals surface area contributed by atoms with E-state index in [4.69, 9.17) is 4.74 Å². The largest absolute Gasteiger partial charge is 0.389 e. The summed E-state index contributed by atoms with van der Waals surface area (Å²) in [5, 5.41) is 13.0. The van der Waals surface area contributed by atoms with Crippen LogP contribution in [0.5, 0.6) is 0 Å². The summed E-state index contributed by atoms with van der Waals surface area (Å²) in [6, 6.07) is 13.2. The minimum atomic E-state index is -1.19. The second-order valence-corrected chi connectivity index (χ2v) is 8.01. The van der Waals surface area contributed by atoms with Gasteiger partial charge in [0.05, 0.1) is 25.9 Å². The van der Waals surface area contributed by atoms with Crippen molar-refractivity contribution in [1.29, 1.82) is 0 Å². The monoisotopic (exact) mass is 414 g/mol. The lowest BCUT2D eigenvalue weighted by molar-refractivity contribution is -0.132. The lowest BCUT2D eigenvalue weighted by Gasteiger charge is -2.23. The normalized spacial score (nSPS) is 20.0. The fraction of sp³-hybridized carbons (Fsp3) is 0.391. The topological polar surface area (TPSA) is 78.9 Å². The van der Waals surface area contributed by atoms with Gasteiger partial charge in [-0.3, -0.25) is 9.69 Å². The number of aliphatic hydroxyl groups is 1. The molecule has 6 nitrogen and oxygen atoms in total. The summed E-state index contributed by atoms with van der Waals surface area (Å²) in [6.07, 6.45) is -1.09. The van der Waals surface area contributed by atoms with Gasteiger partial charge in [-0.15, -0.1) is 0 Å². The molecule has 2 N–H and O–H groups in total. The van der Waals surface area contributed by atoms with Crippen LogP contribution in [0, 0.1) is 5.82 Å². The summed E-state index contributed by atoms with van der Waals surface area (Å²) in [7, 11) is 0. The van der Waals surface area contributed by atoms with Gasteiger partial charge in [0.25, 0.3) is 5.91 Å². The Labute approximate surface area is 175 Å². The van der Waals surface area contributed by atoms with Gasteiger partial charge in [-0.2, -0.15) is 0 Å². The van der Waals surface area contributed by atoms with Gasteiger partial charge < -0.3 is 15.2 Å². The van der Waals surface area contributed by atoms with Crippen LogP contribution in [0.2, 0.25) is 0 Å². The molecule has 0 saturated carbocycles. The molecule has 1 unspecified atom stereocenters. The van der Waals surface area contributed by atoms with E-state index in [1.54, 1.807) is 25.1 Å². The first-order chi connectivity index (χ1) is 14.2. The molecule has 0 aromatic heterocycles. The van der Waals surface area contributed by atoms with Crippen LogP contribution in [0.4, 0.5) is 9.18 Å². The molecule has 2 atom stereocenters. The fourth-order valence-electron chi connectivity index (χ4n) is 3.44. The van der Waals surface area contributed by atoms with Crippen molar-refractivity contribution in [2.45, 2.75) is 44.9 Å². The summed E-state index contributed by atoms with van der Waals surface area (Å²) >= 11 is 0. The number of carbonyl (C=O) groups is 2. The molecular weight excluding hydrogens is 387 g/mol. The summed E-state index contributed by atoms with van der Waals surface area (Å²) < 4.78 is 19.0. The van der Waals surface area contributed by atoms with Crippen LogP contribution in [-0.2, 0) is 21.7 Å². The van der Waals surface area contributed by atoms with Crippen LogP contribution in [0.1, 0.15) is 43.4 Å². The average molecular weight is 414 g/mol. The van der Waals surface area contributed by atoms with E-state index in [0.29, 0.717) is 17.0 Å². The number of imide groups is 1. The predicted octanol–water partition coefficient (Wildman–Crippen LogP) is 3.29. The van der Waals surface area contributed by atoms with Crippen LogP contribution in [0.3, 0.4) is 0 Å². The van der Waals surface area contributed by atoms with E-state index in [0.717, 1.165) is 10.5 Å². The summed E-state index contributed by atoms with van der Waals surface area (Å²) in [4.78, 5) is 26.4. The highest BCUT2D eigenvalue weighted by molar-refractivity contribution is 6.07. The molecule has 1 saturated heterocycles. The maximum atomic E-state index is 13.6. The maximum Gasteiger partial charge on any atom is 0.325 e. The van der Waals surface area contributed by atoms with E-state index in [9.17, 15) is 19.1 Å². The Hall–Kier alpha value is -2.77. The van der Waals surface area contributed by atoms with Gasteiger partial charge in [0.15, 0.2) is 0 Å². The number of hydrogen-bond acceptors (Lipinski definition) is 4. The standard InChI is InChI=1S/C23H27FN2O4/c1-15(2)16-8-10-18(11-9-16)23(3)21(28)26(22(29)25-23)12-19(27)14-30-13-17-6-4-5-7-20(17)24/h4-11,15,19,27H,12-14H2,1-3H3,(H,25,29)/t19?,23-/m1/s1. The van der Waals surface area contributed by atoms with Crippen LogP contribution in [-0.4, -0.2) is 41.2 Å². The smallest absolute Gasteiger partial charge is 0.325 e. The number of rotatable bonds is 8. The third-order valence-electron chi connectivity index (χ3n) is 5.35. The number of nitrogens with one attached hydrogen (secondary N) is 1. The maximum absolute atomic E-state index is 13.6. The third kappa shape index (κ3) is 4.52. The molecule has 2 aromatic rings. The van der Waals surface area contributed by atoms with Gasteiger partial charge in [-0.25, -0.2) is 9.18 Å². The second-order valence-electron chi connectivity index (χ2n) is 8.01. The Morgan fingerprint density at radius 2 is 1.80 bits per heavy atom. The third-order valence-corrected chi connectivity index (χ3v) is 5.35. The lowest BCUT2D eigenvalue weighted by Crippen LogP contribution is -2.42. The SMILES string of the molecule is CC(C)c1ccc([C@@]2(C)NC(=O)N(CC(O)COCc3ccccc3F)C2=O)cc1. The van der Waals surface area contributed by atoms with Crippen LogP contribution < -0.4 is 5.32 Å². The minimum Gasteiger partial charge on any atom is -0.389 e.